The molecule has 1 heterocycles. The molecule has 0 radical (unpaired) electrons. The van der Waals surface area contributed by atoms with Crippen molar-refractivity contribution in [2.24, 2.45) is 5.73 Å². The number of rotatable bonds is 4. The summed E-state index contributed by atoms with van der Waals surface area (Å²) in [5.41, 5.74) is 6.19. The lowest BCUT2D eigenvalue weighted by Gasteiger charge is -2.04. The second kappa shape index (κ2) is 4.76. The Balaban J connectivity index is 2.30. The van der Waals surface area contributed by atoms with Gasteiger partial charge in [-0.1, -0.05) is 5.16 Å². The molecule has 5 nitrogen and oxygen atoms in total. The number of carbonyl (C=O) groups excluding carboxylic acids is 1. The molecule has 0 aromatic carbocycles. The maximum Gasteiger partial charge on any atom is 0.221 e. The van der Waals surface area contributed by atoms with Crippen LogP contribution in [-0.4, -0.2) is 17.1 Å². The van der Waals surface area contributed by atoms with E-state index in [1.165, 1.54) is 0 Å². The average Bonchev–Trinajstić information content (AvgIpc) is 2.47. The van der Waals surface area contributed by atoms with Crippen LogP contribution in [-0.2, 0) is 11.3 Å². The first-order valence-corrected chi connectivity index (χ1v) is 4.52. The molecule has 5 heteroatoms. The number of hydrogen-bond acceptors (Lipinski definition) is 4. The van der Waals surface area contributed by atoms with E-state index in [0.717, 1.165) is 11.5 Å². The monoisotopic (exact) mass is 197 g/mol. The van der Waals surface area contributed by atoms with Crippen molar-refractivity contribution in [1.82, 2.24) is 10.5 Å². The van der Waals surface area contributed by atoms with E-state index < -0.39 is 0 Å². The van der Waals surface area contributed by atoms with Gasteiger partial charge in [-0.15, -0.1) is 0 Å². The van der Waals surface area contributed by atoms with E-state index in [1.807, 2.05) is 0 Å². The number of hydrogen-bond donors (Lipinski definition) is 2. The first-order chi connectivity index (χ1) is 6.58. The Hall–Kier alpha value is -1.36. The zero-order chi connectivity index (χ0) is 10.6. The Morgan fingerprint density at radius 2 is 2.50 bits per heavy atom. The van der Waals surface area contributed by atoms with Gasteiger partial charge in [0.05, 0.1) is 6.54 Å². The molecule has 0 fully saturated rings. The lowest BCUT2D eigenvalue weighted by atomic mass is 10.2. The zero-order valence-corrected chi connectivity index (χ0v) is 8.41. The number of carbonyl (C=O) groups is 1. The highest BCUT2D eigenvalue weighted by Crippen LogP contribution is 2.00. The van der Waals surface area contributed by atoms with Crippen molar-refractivity contribution in [2.45, 2.75) is 32.9 Å². The normalized spacial score (nSPS) is 12.5. The molecule has 0 aliphatic carbocycles. The van der Waals surface area contributed by atoms with Crippen LogP contribution in [0.4, 0.5) is 0 Å². The van der Waals surface area contributed by atoms with E-state index in [9.17, 15) is 4.79 Å². The Labute approximate surface area is 82.6 Å². The molecule has 1 rings (SSSR count). The Bertz CT molecular complexity index is 307. The molecule has 3 N–H and O–H groups in total. The maximum atomic E-state index is 11.2. The van der Waals surface area contributed by atoms with E-state index in [1.54, 1.807) is 19.9 Å². The average molecular weight is 197 g/mol. The van der Waals surface area contributed by atoms with Gasteiger partial charge in [-0.25, -0.2) is 0 Å². The molecule has 0 saturated heterocycles. The third-order valence-electron chi connectivity index (χ3n) is 1.65. The Morgan fingerprint density at radius 3 is 3.00 bits per heavy atom. The fourth-order valence-corrected chi connectivity index (χ4v) is 1.06. The number of amides is 1. The molecule has 1 atom stereocenters. The smallest absolute Gasteiger partial charge is 0.221 e. The van der Waals surface area contributed by atoms with E-state index in [2.05, 4.69) is 10.5 Å². The summed E-state index contributed by atoms with van der Waals surface area (Å²) in [5.74, 6) is 0.669. The third-order valence-corrected chi connectivity index (χ3v) is 1.65. The highest BCUT2D eigenvalue weighted by atomic mass is 16.5. The molecule has 0 saturated carbocycles. The van der Waals surface area contributed by atoms with Gasteiger partial charge in [0, 0.05) is 18.5 Å². The fourth-order valence-electron chi connectivity index (χ4n) is 1.06. The topological polar surface area (TPSA) is 81.2 Å². The molecule has 14 heavy (non-hydrogen) atoms. The molecule has 0 bridgehead atoms. The molecule has 1 aromatic heterocycles. The summed E-state index contributed by atoms with van der Waals surface area (Å²) in [7, 11) is 0. The molecule has 0 aliphatic rings. The Morgan fingerprint density at radius 1 is 1.79 bits per heavy atom. The summed E-state index contributed by atoms with van der Waals surface area (Å²) in [6.07, 6.45) is 0.330. The van der Waals surface area contributed by atoms with Crippen molar-refractivity contribution in [2.75, 3.05) is 0 Å². The molecule has 1 amide bonds. The number of nitrogens with two attached hydrogens (primary N) is 1. The predicted molar refractivity (Wildman–Crippen MR) is 51.4 cm³/mol. The second-order valence-corrected chi connectivity index (χ2v) is 3.39. The van der Waals surface area contributed by atoms with E-state index in [4.69, 9.17) is 10.3 Å². The van der Waals surface area contributed by atoms with Crippen LogP contribution in [0.1, 0.15) is 24.8 Å². The minimum atomic E-state index is -0.117. The van der Waals surface area contributed by atoms with Crippen molar-refractivity contribution in [3.05, 3.63) is 17.5 Å². The summed E-state index contributed by atoms with van der Waals surface area (Å²) in [4.78, 5) is 11.2. The van der Waals surface area contributed by atoms with E-state index in [-0.39, 0.29) is 11.9 Å². The minimum Gasteiger partial charge on any atom is -0.361 e. The standard InChI is InChI=1S/C9H15N3O2/c1-6(10)3-9(13)11-5-8-4-7(2)14-12-8/h4,6H,3,5,10H2,1-2H3,(H,11,13). The van der Waals surface area contributed by atoms with Crippen LogP contribution in [0.5, 0.6) is 0 Å². The van der Waals surface area contributed by atoms with Gasteiger partial charge in [-0.2, -0.15) is 0 Å². The van der Waals surface area contributed by atoms with Gasteiger partial charge in [0.1, 0.15) is 11.5 Å². The molecule has 78 valence electrons. The van der Waals surface area contributed by atoms with Crippen LogP contribution in [0.2, 0.25) is 0 Å². The first-order valence-electron chi connectivity index (χ1n) is 4.52. The van der Waals surface area contributed by atoms with Gasteiger partial charge in [-0.3, -0.25) is 4.79 Å². The van der Waals surface area contributed by atoms with Gasteiger partial charge in [0.2, 0.25) is 5.91 Å². The molecular weight excluding hydrogens is 182 g/mol. The number of nitrogens with zero attached hydrogens (tertiary/aromatic N) is 1. The Kier molecular flexibility index (Phi) is 3.64. The van der Waals surface area contributed by atoms with Crippen LogP contribution in [0, 0.1) is 6.92 Å². The lowest BCUT2D eigenvalue weighted by Crippen LogP contribution is -2.29. The van der Waals surface area contributed by atoms with E-state index >= 15 is 0 Å². The maximum absolute atomic E-state index is 11.2. The summed E-state index contributed by atoms with van der Waals surface area (Å²) >= 11 is 0. The van der Waals surface area contributed by atoms with Crippen molar-refractivity contribution in [1.29, 1.82) is 0 Å². The lowest BCUT2D eigenvalue weighted by molar-refractivity contribution is -0.121. The van der Waals surface area contributed by atoms with Crippen LogP contribution in [0.3, 0.4) is 0 Å². The quantitative estimate of drug-likeness (QED) is 0.729. The highest BCUT2D eigenvalue weighted by molar-refractivity contribution is 5.76. The van der Waals surface area contributed by atoms with Crippen LogP contribution < -0.4 is 11.1 Å². The number of nitrogens with one attached hydrogen (secondary N) is 1. The van der Waals surface area contributed by atoms with Crippen LogP contribution >= 0.6 is 0 Å². The van der Waals surface area contributed by atoms with Gasteiger partial charge in [-0.05, 0) is 13.8 Å². The second-order valence-electron chi connectivity index (χ2n) is 3.39. The van der Waals surface area contributed by atoms with Gasteiger partial charge >= 0.3 is 0 Å². The predicted octanol–water partition coefficient (Wildman–Crippen LogP) is 0.337. The third kappa shape index (κ3) is 3.57. The SMILES string of the molecule is Cc1cc(CNC(=O)CC(C)N)no1. The van der Waals surface area contributed by atoms with Gasteiger partial charge in [0.25, 0.3) is 0 Å². The van der Waals surface area contributed by atoms with Crippen molar-refractivity contribution >= 4 is 5.91 Å². The number of aromatic nitrogens is 1. The van der Waals surface area contributed by atoms with Crippen molar-refractivity contribution in [3.63, 3.8) is 0 Å². The van der Waals surface area contributed by atoms with Crippen molar-refractivity contribution in [3.8, 4) is 0 Å². The summed E-state index contributed by atoms with van der Waals surface area (Å²) in [6, 6.07) is 1.67. The largest absolute Gasteiger partial charge is 0.361 e. The van der Waals surface area contributed by atoms with Gasteiger partial charge < -0.3 is 15.6 Å². The summed E-state index contributed by atoms with van der Waals surface area (Å²) in [5, 5.41) is 6.45. The molecule has 0 spiro atoms. The molecule has 0 aliphatic heterocycles. The molecule has 1 unspecified atom stereocenters. The van der Waals surface area contributed by atoms with E-state index in [0.29, 0.717) is 13.0 Å². The highest BCUT2D eigenvalue weighted by Gasteiger charge is 2.06. The zero-order valence-electron chi connectivity index (χ0n) is 8.41. The van der Waals surface area contributed by atoms with Gasteiger partial charge in [0.15, 0.2) is 0 Å². The van der Waals surface area contributed by atoms with Crippen LogP contribution in [0.15, 0.2) is 10.6 Å². The fraction of sp³-hybridized carbons (Fsp3) is 0.556. The summed E-state index contributed by atoms with van der Waals surface area (Å²) < 4.78 is 4.85. The number of aryl methyl sites for hydroxylation is 1. The van der Waals surface area contributed by atoms with Crippen LogP contribution in [0.25, 0.3) is 0 Å². The molecular formula is C9H15N3O2. The minimum absolute atomic E-state index is 0.0688. The first kappa shape index (κ1) is 10.7. The van der Waals surface area contributed by atoms with Crippen molar-refractivity contribution < 1.29 is 9.32 Å². The molecule has 1 aromatic rings. The summed E-state index contributed by atoms with van der Waals surface area (Å²) in [6.45, 7) is 3.99.